The third kappa shape index (κ3) is 12.6. The third-order valence-corrected chi connectivity index (χ3v) is 11.3. The molecule has 0 aliphatic carbocycles. The van der Waals surface area contributed by atoms with Crippen molar-refractivity contribution in [1.29, 1.82) is 0 Å². The van der Waals surface area contributed by atoms with E-state index in [1.54, 1.807) is 31.4 Å². The molecule has 2 saturated heterocycles. The van der Waals surface area contributed by atoms with Crippen molar-refractivity contribution in [2.45, 2.75) is 123 Å². The summed E-state index contributed by atoms with van der Waals surface area (Å²) in [6.45, 7) is 10.9. The van der Waals surface area contributed by atoms with Crippen molar-refractivity contribution in [3.63, 3.8) is 0 Å². The van der Waals surface area contributed by atoms with Crippen molar-refractivity contribution in [3.05, 3.63) is 119 Å². The van der Waals surface area contributed by atoms with Gasteiger partial charge in [0.15, 0.2) is 11.8 Å². The SMILES string of the molecule is COc1ccc(OC(=O)N2[C@H](C(=O)O)CCCC[C@H]2c2ccc(OCCc3nc(C)oc3C)cc2)cc1.Cc1nc(CCOc2ccc([C@@H]3CCCC[C@@H](C)N3)cc2)c(C)o1. The number of aliphatic carboxylic acids is 1. The summed E-state index contributed by atoms with van der Waals surface area (Å²) in [5.41, 5.74) is 4.05. The maximum atomic E-state index is 13.3. The van der Waals surface area contributed by atoms with Crippen LogP contribution in [0.1, 0.15) is 116 Å². The lowest BCUT2D eigenvalue weighted by atomic mass is 10.0. The Balaban J connectivity index is 0.000000223. The van der Waals surface area contributed by atoms with Gasteiger partial charge in [0.1, 0.15) is 40.6 Å². The number of carboxylic acids is 1. The fourth-order valence-corrected chi connectivity index (χ4v) is 8.09. The Morgan fingerprint density at radius 2 is 1.18 bits per heavy atom. The monoisotopic (exact) mass is 836 g/mol. The van der Waals surface area contributed by atoms with Crippen LogP contribution in [0.25, 0.3) is 0 Å². The lowest BCUT2D eigenvalue weighted by Crippen LogP contribution is -2.47. The van der Waals surface area contributed by atoms with E-state index in [0.717, 1.165) is 53.0 Å². The molecular formula is C48H60N4O9. The Kier molecular flexibility index (Phi) is 15.9. The average Bonchev–Trinajstić information content (AvgIpc) is 3.52. The first kappa shape index (κ1) is 44.7. The number of methoxy groups -OCH3 is 1. The maximum Gasteiger partial charge on any atom is 0.416 e. The second kappa shape index (κ2) is 21.6. The predicted octanol–water partition coefficient (Wildman–Crippen LogP) is 10.00. The van der Waals surface area contributed by atoms with Gasteiger partial charge in [-0.15, -0.1) is 0 Å². The van der Waals surface area contributed by atoms with Crippen molar-refractivity contribution >= 4 is 12.1 Å². The molecule has 13 heteroatoms. The van der Waals surface area contributed by atoms with E-state index >= 15 is 0 Å². The van der Waals surface area contributed by atoms with E-state index < -0.39 is 24.1 Å². The second-order valence-corrected chi connectivity index (χ2v) is 15.8. The first-order chi connectivity index (χ1) is 29.5. The number of likely N-dealkylation sites (tertiary alicyclic amines) is 1. The molecule has 4 heterocycles. The van der Waals surface area contributed by atoms with E-state index in [9.17, 15) is 14.7 Å². The van der Waals surface area contributed by atoms with Gasteiger partial charge in [-0.1, -0.05) is 49.9 Å². The molecule has 5 aromatic rings. The number of carboxylic acid groups (broad SMARTS) is 1. The zero-order valence-electron chi connectivity index (χ0n) is 36.3. The number of carbonyl (C=O) groups is 2. The van der Waals surface area contributed by atoms with Crippen molar-refractivity contribution in [1.82, 2.24) is 20.2 Å². The summed E-state index contributed by atoms with van der Waals surface area (Å²) >= 11 is 0. The number of rotatable bonds is 13. The van der Waals surface area contributed by atoms with Crippen LogP contribution in [0.5, 0.6) is 23.0 Å². The quantitative estimate of drug-likeness (QED) is 0.116. The molecule has 2 aliphatic rings. The smallest absolute Gasteiger partial charge is 0.416 e. The zero-order valence-corrected chi connectivity index (χ0v) is 36.3. The third-order valence-electron chi connectivity index (χ3n) is 11.3. The van der Waals surface area contributed by atoms with Gasteiger partial charge >= 0.3 is 12.1 Å². The van der Waals surface area contributed by atoms with Crippen LogP contribution in [0.3, 0.4) is 0 Å². The zero-order chi connectivity index (χ0) is 43.3. The highest BCUT2D eigenvalue weighted by molar-refractivity contribution is 5.81. The predicted molar refractivity (Wildman–Crippen MR) is 231 cm³/mol. The molecule has 2 fully saturated rings. The fraction of sp³-hybridized carbons (Fsp3) is 0.458. The van der Waals surface area contributed by atoms with Crippen LogP contribution in [0.15, 0.2) is 81.6 Å². The molecule has 2 N–H and O–H groups in total. The van der Waals surface area contributed by atoms with E-state index in [-0.39, 0.29) is 0 Å². The Hall–Kier alpha value is -5.82. The summed E-state index contributed by atoms with van der Waals surface area (Å²) < 4.78 is 33.4. The number of hydrogen-bond donors (Lipinski definition) is 2. The van der Waals surface area contributed by atoms with E-state index in [1.165, 1.54) is 36.1 Å². The van der Waals surface area contributed by atoms with Gasteiger partial charge in [0.2, 0.25) is 0 Å². The van der Waals surface area contributed by atoms with Crippen LogP contribution in [0.4, 0.5) is 4.79 Å². The number of amides is 1. The lowest BCUT2D eigenvalue weighted by molar-refractivity contribution is -0.143. The molecule has 2 aromatic heterocycles. The van der Waals surface area contributed by atoms with Gasteiger partial charge < -0.3 is 38.2 Å². The number of hydrogen-bond acceptors (Lipinski definition) is 11. The fourth-order valence-electron chi connectivity index (χ4n) is 8.09. The van der Waals surface area contributed by atoms with E-state index in [0.29, 0.717) is 74.1 Å². The van der Waals surface area contributed by atoms with Crippen LogP contribution < -0.4 is 24.3 Å². The number of carbonyl (C=O) groups excluding carboxylic acids is 1. The number of aromatic nitrogens is 2. The number of nitrogens with zero attached hydrogens (tertiary/aromatic N) is 3. The maximum absolute atomic E-state index is 13.3. The summed E-state index contributed by atoms with van der Waals surface area (Å²) in [5, 5.41) is 13.7. The Bertz CT molecular complexity index is 2150. The molecular weight excluding hydrogens is 777 g/mol. The van der Waals surface area contributed by atoms with Gasteiger partial charge in [-0.25, -0.2) is 19.6 Å². The minimum atomic E-state index is -1.04. The van der Waals surface area contributed by atoms with Crippen molar-refractivity contribution in [2.24, 2.45) is 0 Å². The molecule has 0 unspecified atom stereocenters. The molecule has 2 aliphatic heterocycles. The lowest BCUT2D eigenvalue weighted by Gasteiger charge is -2.33. The van der Waals surface area contributed by atoms with E-state index in [1.807, 2.05) is 52.0 Å². The molecule has 326 valence electrons. The number of aryl methyl sites for hydroxylation is 4. The molecule has 0 radical (unpaired) electrons. The summed E-state index contributed by atoms with van der Waals surface area (Å²) in [6.07, 6.45) is 8.33. The van der Waals surface area contributed by atoms with Crippen LogP contribution in [-0.2, 0) is 17.6 Å². The standard InChI is InChI=1S/C28H32N2O7.C20H28N2O2/c1-18-24(29-19(2)36-18)16-17-35-22-10-8-20(9-11-22)25-6-4-5-7-26(27(31)32)30(25)28(33)37-23-14-12-21(34-3)13-15-23;1-14-6-4-5-7-20(21-14)17-8-10-18(11-9-17)23-13-12-19-15(2)24-16(3)22-19/h8-15,25-26H,4-7,16-17H2,1-3H3,(H,31,32);8-11,14,20-21H,4-7,12-13H2,1-3H3/t25-,26-;14-,20+/m01/s1. The summed E-state index contributed by atoms with van der Waals surface area (Å²) in [6, 6.07) is 22.2. The molecule has 0 spiro atoms. The van der Waals surface area contributed by atoms with Crippen molar-refractivity contribution < 1.29 is 42.5 Å². The first-order valence-corrected chi connectivity index (χ1v) is 21.4. The Morgan fingerprint density at radius 1 is 0.689 bits per heavy atom. The summed E-state index contributed by atoms with van der Waals surface area (Å²) in [5.74, 6) is 4.53. The van der Waals surface area contributed by atoms with Gasteiger partial charge in [-0.2, -0.15) is 0 Å². The molecule has 3 aromatic carbocycles. The van der Waals surface area contributed by atoms with Gasteiger partial charge in [0, 0.05) is 38.8 Å². The minimum absolute atomic E-state index is 0.319. The molecule has 0 bridgehead atoms. The minimum Gasteiger partial charge on any atom is -0.497 e. The van der Waals surface area contributed by atoms with Crippen LogP contribution in [0, 0.1) is 27.7 Å². The van der Waals surface area contributed by atoms with Crippen molar-refractivity contribution in [2.75, 3.05) is 20.3 Å². The highest BCUT2D eigenvalue weighted by atomic mass is 16.6. The number of oxazole rings is 2. The molecule has 4 atom stereocenters. The van der Waals surface area contributed by atoms with Gasteiger partial charge in [-0.05, 0) is 106 Å². The van der Waals surface area contributed by atoms with Crippen LogP contribution in [-0.4, -0.2) is 64.4 Å². The molecule has 1 amide bonds. The molecule has 13 nitrogen and oxygen atoms in total. The van der Waals surface area contributed by atoms with Gasteiger partial charge in [0.05, 0.1) is 37.8 Å². The number of benzene rings is 3. The topological polar surface area (TPSA) is 159 Å². The van der Waals surface area contributed by atoms with Crippen LogP contribution in [0.2, 0.25) is 0 Å². The number of ether oxygens (including phenoxy) is 4. The molecule has 61 heavy (non-hydrogen) atoms. The highest BCUT2D eigenvalue weighted by Gasteiger charge is 2.39. The van der Waals surface area contributed by atoms with Crippen molar-refractivity contribution in [3.8, 4) is 23.0 Å². The summed E-state index contributed by atoms with van der Waals surface area (Å²) in [4.78, 5) is 35.6. The molecule has 0 saturated carbocycles. The van der Waals surface area contributed by atoms with Gasteiger partial charge in [0.25, 0.3) is 0 Å². The Morgan fingerprint density at radius 3 is 1.70 bits per heavy atom. The molecule has 7 rings (SSSR count). The van der Waals surface area contributed by atoms with E-state index in [2.05, 4.69) is 46.5 Å². The number of nitrogens with one attached hydrogen (secondary N) is 1. The normalized spacial score (nSPS) is 19.1. The highest BCUT2D eigenvalue weighted by Crippen LogP contribution is 2.35. The summed E-state index contributed by atoms with van der Waals surface area (Å²) in [7, 11) is 1.55. The first-order valence-electron chi connectivity index (χ1n) is 21.4. The van der Waals surface area contributed by atoms with E-state index in [4.69, 9.17) is 27.8 Å². The average molecular weight is 837 g/mol. The van der Waals surface area contributed by atoms with Crippen LogP contribution >= 0.6 is 0 Å². The van der Waals surface area contributed by atoms with Gasteiger partial charge in [-0.3, -0.25) is 4.90 Å². The Labute approximate surface area is 358 Å². The largest absolute Gasteiger partial charge is 0.497 e. The second-order valence-electron chi connectivity index (χ2n) is 15.8.